The Labute approximate surface area is 383 Å². The van der Waals surface area contributed by atoms with Gasteiger partial charge in [-0.2, -0.15) is 0 Å². The van der Waals surface area contributed by atoms with E-state index in [1.807, 2.05) is 0 Å². The maximum Gasteiger partial charge on any atom is 0.0541 e. The SMILES string of the molecule is C1=CC2=C(c3cccc(-c4ccc5c(c4)c4ccccc4n5-c4ccccc4)c3)C=CC3=CC=C4C(c5cccc(-c6ccc7c(c6)c6ccccc6n7-c6ccccc6)c5)=CC=C1C4C32. The van der Waals surface area contributed by atoms with Crippen LogP contribution in [0, 0.1) is 11.8 Å². The molecule has 4 aliphatic rings. The summed E-state index contributed by atoms with van der Waals surface area (Å²) in [7, 11) is 0. The molecule has 0 N–H and O–H groups in total. The molecule has 0 radical (unpaired) electrons. The zero-order valence-corrected chi connectivity index (χ0v) is 36.1. The molecule has 2 aromatic heterocycles. The van der Waals surface area contributed by atoms with Crippen LogP contribution >= 0.6 is 0 Å². The van der Waals surface area contributed by atoms with Crippen molar-refractivity contribution in [3.8, 4) is 33.6 Å². The molecule has 308 valence electrons. The largest absolute Gasteiger partial charge is 0.309 e. The second-order valence-corrected chi connectivity index (χ2v) is 18.0. The van der Waals surface area contributed by atoms with E-state index in [-0.39, 0.29) is 11.8 Å². The molecule has 2 heteroatoms. The highest BCUT2D eigenvalue weighted by Crippen LogP contribution is 2.54. The molecule has 0 saturated carbocycles. The van der Waals surface area contributed by atoms with Gasteiger partial charge in [-0.25, -0.2) is 0 Å². The summed E-state index contributed by atoms with van der Waals surface area (Å²) in [6.45, 7) is 0. The number of para-hydroxylation sites is 4. The van der Waals surface area contributed by atoms with E-state index < -0.39 is 0 Å². The number of allylic oxidation sites excluding steroid dienone is 14. The molecule has 2 heterocycles. The Bertz CT molecular complexity index is 3910. The van der Waals surface area contributed by atoms with Gasteiger partial charge in [-0.1, -0.05) is 170 Å². The molecule has 0 amide bonds. The molecule has 2 unspecified atom stereocenters. The zero-order chi connectivity index (χ0) is 43.3. The van der Waals surface area contributed by atoms with Crippen LogP contribution < -0.4 is 0 Å². The normalized spacial score (nSPS) is 17.3. The summed E-state index contributed by atoms with van der Waals surface area (Å²) in [6, 6.07) is 71.2. The van der Waals surface area contributed by atoms with Crippen LogP contribution in [0.25, 0.3) is 88.4 Å². The molecule has 2 atom stereocenters. The molecule has 10 aromatic rings. The second kappa shape index (κ2) is 14.5. The van der Waals surface area contributed by atoms with Crippen molar-refractivity contribution in [2.75, 3.05) is 0 Å². The summed E-state index contributed by atoms with van der Waals surface area (Å²) in [5.74, 6) is 0.503. The van der Waals surface area contributed by atoms with Crippen LogP contribution in [0.5, 0.6) is 0 Å². The number of fused-ring (bicyclic) bond motifs is 6. The maximum atomic E-state index is 2.39. The maximum absolute atomic E-state index is 2.39. The Morgan fingerprint density at radius 3 is 1.42 bits per heavy atom. The first-order valence-corrected chi connectivity index (χ1v) is 23.1. The van der Waals surface area contributed by atoms with Crippen molar-refractivity contribution in [3.63, 3.8) is 0 Å². The first-order valence-electron chi connectivity index (χ1n) is 23.1. The van der Waals surface area contributed by atoms with Crippen LogP contribution in [0.2, 0.25) is 0 Å². The van der Waals surface area contributed by atoms with Gasteiger partial charge >= 0.3 is 0 Å². The lowest BCUT2D eigenvalue weighted by Gasteiger charge is -2.42. The number of rotatable bonds is 6. The van der Waals surface area contributed by atoms with E-state index >= 15 is 0 Å². The summed E-state index contributed by atoms with van der Waals surface area (Å²) in [5.41, 5.74) is 22.8. The second-order valence-electron chi connectivity index (χ2n) is 18.0. The summed E-state index contributed by atoms with van der Waals surface area (Å²) in [6.07, 6.45) is 19.0. The van der Waals surface area contributed by atoms with E-state index in [9.17, 15) is 0 Å². The van der Waals surface area contributed by atoms with Crippen LogP contribution in [-0.4, -0.2) is 9.13 Å². The van der Waals surface area contributed by atoms with E-state index in [1.165, 1.54) is 122 Å². The van der Waals surface area contributed by atoms with E-state index in [2.05, 4.69) is 252 Å². The van der Waals surface area contributed by atoms with Gasteiger partial charge in [0.25, 0.3) is 0 Å². The molecular weight excluding hydrogens is 797 g/mol. The summed E-state index contributed by atoms with van der Waals surface area (Å²) < 4.78 is 4.77. The van der Waals surface area contributed by atoms with Crippen molar-refractivity contribution in [1.29, 1.82) is 0 Å². The third kappa shape index (κ3) is 5.61. The minimum atomic E-state index is 0.251. The first-order chi connectivity index (χ1) is 32.7. The highest BCUT2D eigenvalue weighted by Gasteiger charge is 2.40. The van der Waals surface area contributed by atoms with Gasteiger partial charge in [-0.3, -0.25) is 0 Å². The molecule has 14 rings (SSSR count). The molecule has 0 fully saturated rings. The van der Waals surface area contributed by atoms with E-state index in [0.29, 0.717) is 0 Å². The monoisotopic (exact) mass is 838 g/mol. The molecule has 0 bridgehead atoms. The van der Waals surface area contributed by atoms with Crippen molar-refractivity contribution >= 4 is 54.8 Å². The van der Waals surface area contributed by atoms with E-state index in [0.717, 1.165) is 0 Å². The minimum Gasteiger partial charge on any atom is -0.309 e. The third-order valence-corrected chi connectivity index (χ3v) is 14.5. The molecule has 2 nitrogen and oxygen atoms in total. The highest BCUT2D eigenvalue weighted by molar-refractivity contribution is 6.11. The topological polar surface area (TPSA) is 9.86 Å². The van der Waals surface area contributed by atoms with Gasteiger partial charge in [0.1, 0.15) is 0 Å². The first kappa shape index (κ1) is 37.0. The average molecular weight is 839 g/mol. The number of aromatic nitrogens is 2. The predicted octanol–water partition coefficient (Wildman–Crippen LogP) is 16.2. The molecule has 0 spiro atoms. The fourth-order valence-electron chi connectivity index (χ4n) is 11.5. The zero-order valence-electron chi connectivity index (χ0n) is 36.1. The number of benzene rings is 8. The lowest BCUT2D eigenvalue weighted by Crippen LogP contribution is -2.30. The molecule has 4 aliphatic carbocycles. The number of hydrogen-bond acceptors (Lipinski definition) is 0. The smallest absolute Gasteiger partial charge is 0.0541 e. The lowest BCUT2D eigenvalue weighted by molar-refractivity contribution is 0.569. The number of nitrogens with zero attached hydrogens (tertiary/aromatic N) is 2. The standard InChI is InChI=1S/C64H42N2/c1-3-17-49(18-4-1)65-59-23-9-7-21-53(59)57-39-45(29-35-61(57)65)43-13-11-15-47(37-43)51-31-25-41-28-34-56-52(32-26-42-27-33-55(51)63(41)64(42)56)48-16-12-14-44(38-48)46-30-36-62-58(40-46)54-22-8-10-24-60(54)66(62)50-19-5-2-6-20-50/h1-40,63-64H. The molecular formula is C64H42N2. The highest BCUT2D eigenvalue weighted by atomic mass is 15.0. The third-order valence-electron chi connectivity index (χ3n) is 14.5. The Morgan fingerprint density at radius 1 is 0.303 bits per heavy atom. The van der Waals surface area contributed by atoms with Crippen molar-refractivity contribution in [1.82, 2.24) is 9.13 Å². The Morgan fingerprint density at radius 2 is 0.788 bits per heavy atom. The van der Waals surface area contributed by atoms with Gasteiger partial charge in [0, 0.05) is 44.8 Å². The fraction of sp³-hybridized carbons (Fsp3) is 0.0312. The molecule has 0 aliphatic heterocycles. The molecule has 0 saturated heterocycles. The Balaban J connectivity index is 0.810. The van der Waals surface area contributed by atoms with Gasteiger partial charge in [0.2, 0.25) is 0 Å². The predicted molar refractivity (Wildman–Crippen MR) is 277 cm³/mol. The lowest BCUT2D eigenvalue weighted by atomic mass is 9.61. The van der Waals surface area contributed by atoms with Crippen molar-refractivity contribution in [3.05, 3.63) is 276 Å². The summed E-state index contributed by atoms with van der Waals surface area (Å²) in [4.78, 5) is 0. The van der Waals surface area contributed by atoms with Crippen LogP contribution in [0.3, 0.4) is 0 Å². The van der Waals surface area contributed by atoms with Gasteiger partial charge < -0.3 is 9.13 Å². The van der Waals surface area contributed by atoms with Crippen molar-refractivity contribution < 1.29 is 0 Å². The van der Waals surface area contributed by atoms with Gasteiger partial charge in [-0.15, -0.1) is 0 Å². The van der Waals surface area contributed by atoms with Crippen LogP contribution in [-0.2, 0) is 0 Å². The Hall–Kier alpha value is -8.46. The Kier molecular flexibility index (Phi) is 8.14. The summed E-state index contributed by atoms with van der Waals surface area (Å²) in [5, 5.41) is 5.07. The summed E-state index contributed by atoms with van der Waals surface area (Å²) >= 11 is 0. The van der Waals surface area contributed by atoms with Crippen LogP contribution in [0.15, 0.2) is 265 Å². The van der Waals surface area contributed by atoms with Crippen LogP contribution in [0.1, 0.15) is 11.1 Å². The quantitative estimate of drug-likeness (QED) is 0.158. The fourth-order valence-corrected chi connectivity index (χ4v) is 11.5. The van der Waals surface area contributed by atoms with Gasteiger partial charge in [-0.05, 0) is 140 Å². The van der Waals surface area contributed by atoms with E-state index in [1.54, 1.807) is 0 Å². The molecule has 66 heavy (non-hydrogen) atoms. The van der Waals surface area contributed by atoms with Crippen molar-refractivity contribution in [2.24, 2.45) is 11.8 Å². The average Bonchev–Trinajstić information content (AvgIpc) is 3.90. The van der Waals surface area contributed by atoms with Gasteiger partial charge in [0.05, 0.1) is 22.1 Å². The molecule has 8 aromatic carbocycles. The minimum absolute atomic E-state index is 0.251. The number of hydrogen-bond donors (Lipinski definition) is 0. The van der Waals surface area contributed by atoms with Gasteiger partial charge in [0.15, 0.2) is 0 Å². The van der Waals surface area contributed by atoms with Crippen LogP contribution in [0.4, 0.5) is 0 Å². The van der Waals surface area contributed by atoms with Crippen molar-refractivity contribution in [2.45, 2.75) is 0 Å². The van der Waals surface area contributed by atoms with E-state index in [4.69, 9.17) is 0 Å².